The van der Waals surface area contributed by atoms with Crippen molar-refractivity contribution in [3.8, 4) is 11.5 Å². The lowest BCUT2D eigenvalue weighted by molar-refractivity contribution is -0.0701. The Morgan fingerprint density at radius 2 is 1.70 bits per heavy atom. The summed E-state index contributed by atoms with van der Waals surface area (Å²) in [5.74, 6) is 1.44. The van der Waals surface area contributed by atoms with Gasteiger partial charge in [-0.3, -0.25) is 0 Å². The normalized spacial score (nSPS) is 26.4. The predicted molar refractivity (Wildman–Crippen MR) is 117 cm³/mol. The van der Waals surface area contributed by atoms with Gasteiger partial charge >= 0.3 is 0 Å². The van der Waals surface area contributed by atoms with Crippen LogP contribution in [-0.4, -0.2) is 64.3 Å². The molecule has 0 bridgehead atoms. The topological polar surface area (TPSA) is 99.4 Å². The number of aliphatic hydroxyl groups excluding tert-OH is 4. The van der Waals surface area contributed by atoms with Crippen LogP contribution in [0.3, 0.4) is 0 Å². The van der Waals surface area contributed by atoms with Crippen molar-refractivity contribution in [1.82, 2.24) is 0 Å². The Labute approximate surface area is 181 Å². The Kier molecular flexibility index (Phi) is 7.65. The van der Waals surface area contributed by atoms with E-state index in [1.807, 2.05) is 50.2 Å². The van der Waals surface area contributed by atoms with Crippen LogP contribution in [0, 0.1) is 6.92 Å². The molecule has 1 fully saturated rings. The molecule has 30 heavy (non-hydrogen) atoms. The van der Waals surface area contributed by atoms with E-state index in [4.69, 9.17) is 9.47 Å². The molecule has 5 atom stereocenters. The van der Waals surface area contributed by atoms with Gasteiger partial charge in [-0.1, -0.05) is 18.2 Å². The van der Waals surface area contributed by atoms with Gasteiger partial charge in [-0.05, 0) is 55.2 Å². The summed E-state index contributed by atoms with van der Waals surface area (Å²) in [6.45, 7) is 4.29. The van der Waals surface area contributed by atoms with E-state index < -0.39 is 28.8 Å². The summed E-state index contributed by atoms with van der Waals surface area (Å²) in [6.07, 6.45) is -3.01. The lowest BCUT2D eigenvalue weighted by Gasteiger charge is -2.40. The molecule has 6 nitrogen and oxygen atoms in total. The minimum absolute atomic E-state index is 0.292. The van der Waals surface area contributed by atoms with Crippen molar-refractivity contribution in [2.75, 3.05) is 20.3 Å². The lowest BCUT2D eigenvalue weighted by Crippen LogP contribution is -2.51. The number of thioether (sulfide) groups is 1. The molecule has 3 rings (SSSR count). The smallest absolute Gasteiger partial charge is 0.123 e. The van der Waals surface area contributed by atoms with Gasteiger partial charge in [0.05, 0.1) is 43.0 Å². The van der Waals surface area contributed by atoms with E-state index in [2.05, 4.69) is 0 Å². The minimum atomic E-state index is -1.34. The molecule has 0 saturated carbocycles. The molecular weight excluding hydrogens is 404 g/mol. The van der Waals surface area contributed by atoms with Gasteiger partial charge in [0.1, 0.15) is 17.6 Å². The molecule has 1 saturated heterocycles. The van der Waals surface area contributed by atoms with Crippen LogP contribution in [0.4, 0.5) is 0 Å². The first kappa shape index (κ1) is 22.9. The van der Waals surface area contributed by atoms with Crippen molar-refractivity contribution in [3.63, 3.8) is 0 Å². The summed E-state index contributed by atoms with van der Waals surface area (Å²) < 4.78 is 11.1. The van der Waals surface area contributed by atoms with E-state index in [-0.39, 0.29) is 6.61 Å². The third kappa shape index (κ3) is 4.76. The molecule has 1 aliphatic rings. The van der Waals surface area contributed by atoms with E-state index in [1.54, 1.807) is 7.11 Å². The summed E-state index contributed by atoms with van der Waals surface area (Å²) >= 11 is 1.26. The molecule has 0 spiro atoms. The zero-order valence-electron chi connectivity index (χ0n) is 17.5. The Balaban J connectivity index is 1.93. The molecule has 164 valence electrons. The average molecular weight is 435 g/mol. The second-order valence-corrected chi connectivity index (χ2v) is 8.91. The van der Waals surface area contributed by atoms with Crippen molar-refractivity contribution < 1.29 is 29.9 Å². The van der Waals surface area contributed by atoms with Crippen LogP contribution in [0.25, 0.3) is 0 Å². The SMILES string of the molecule is CCOc1ccc(Cc2cc([C@@H]3S[C@H](CO)[C@@H](O)C(O)C3O)c(OC)cc2C)cc1. The molecule has 2 aromatic rings. The first-order valence-electron chi connectivity index (χ1n) is 10.1. The van der Waals surface area contributed by atoms with E-state index in [0.717, 1.165) is 28.0 Å². The first-order valence-corrected chi connectivity index (χ1v) is 11.0. The van der Waals surface area contributed by atoms with Gasteiger partial charge in [0, 0.05) is 5.56 Å². The van der Waals surface area contributed by atoms with E-state index >= 15 is 0 Å². The van der Waals surface area contributed by atoms with Crippen LogP contribution < -0.4 is 9.47 Å². The molecule has 1 aliphatic heterocycles. The summed E-state index contributed by atoms with van der Waals surface area (Å²) in [6, 6.07) is 11.9. The van der Waals surface area contributed by atoms with Crippen LogP contribution in [0.5, 0.6) is 11.5 Å². The van der Waals surface area contributed by atoms with Gasteiger partial charge in [0.25, 0.3) is 0 Å². The number of aliphatic hydroxyl groups is 4. The van der Waals surface area contributed by atoms with E-state index in [9.17, 15) is 20.4 Å². The highest BCUT2D eigenvalue weighted by Gasteiger charge is 2.44. The molecule has 7 heteroatoms. The highest BCUT2D eigenvalue weighted by molar-refractivity contribution is 8.00. The summed E-state index contributed by atoms with van der Waals surface area (Å²) in [5.41, 5.74) is 3.99. The maximum absolute atomic E-state index is 10.6. The van der Waals surface area contributed by atoms with Crippen molar-refractivity contribution >= 4 is 11.8 Å². The van der Waals surface area contributed by atoms with Crippen LogP contribution in [0.1, 0.15) is 34.4 Å². The second kappa shape index (κ2) is 10.0. The number of rotatable bonds is 7. The Morgan fingerprint density at radius 1 is 1.00 bits per heavy atom. The number of ether oxygens (including phenoxy) is 2. The molecule has 2 aromatic carbocycles. The summed E-state index contributed by atoms with van der Waals surface area (Å²) in [7, 11) is 1.57. The second-order valence-electron chi connectivity index (χ2n) is 7.52. The largest absolute Gasteiger partial charge is 0.496 e. The highest BCUT2D eigenvalue weighted by atomic mass is 32.2. The first-order chi connectivity index (χ1) is 14.4. The summed E-state index contributed by atoms with van der Waals surface area (Å²) in [5, 5.41) is 39.5. The average Bonchev–Trinajstić information content (AvgIpc) is 2.75. The van der Waals surface area contributed by atoms with Crippen LogP contribution in [0.2, 0.25) is 0 Å². The van der Waals surface area contributed by atoms with Gasteiger partial charge < -0.3 is 29.9 Å². The Bertz CT molecular complexity index is 838. The number of methoxy groups -OCH3 is 1. The minimum Gasteiger partial charge on any atom is -0.496 e. The van der Waals surface area contributed by atoms with E-state index in [1.165, 1.54) is 11.8 Å². The van der Waals surface area contributed by atoms with E-state index in [0.29, 0.717) is 18.8 Å². The van der Waals surface area contributed by atoms with Crippen LogP contribution in [0.15, 0.2) is 36.4 Å². The van der Waals surface area contributed by atoms with Crippen molar-refractivity contribution in [3.05, 3.63) is 58.7 Å². The van der Waals surface area contributed by atoms with Gasteiger partial charge in [0.15, 0.2) is 0 Å². The molecular formula is C23H30O6S. The molecule has 1 heterocycles. The fourth-order valence-electron chi connectivity index (χ4n) is 3.78. The fraction of sp³-hybridized carbons (Fsp3) is 0.478. The molecule has 0 aromatic heterocycles. The fourth-order valence-corrected chi connectivity index (χ4v) is 5.22. The van der Waals surface area contributed by atoms with Gasteiger partial charge in [-0.15, -0.1) is 11.8 Å². The van der Waals surface area contributed by atoms with Crippen LogP contribution >= 0.6 is 11.8 Å². The molecule has 2 unspecified atom stereocenters. The quantitative estimate of drug-likeness (QED) is 0.530. The van der Waals surface area contributed by atoms with Crippen LogP contribution in [-0.2, 0) is 6.42 Å². The van der Waals surface area contributed by atoms with Gasteiger partial charge in [-0.2, -0.15) is 0 Å². The molecule has 0 aliphatic carbocycles. The molecule has 0 amide bonds. The van der Waals surface area contributed by atoms with Gasteiger partial charge in [0.2, 0.25) is 0 Å². The highest BCUT2D eigenvalue weighted by Crippen LogP contribution is 2.46. The van der Waals surface area contributed by atoms with Crippen molar-refractivity contribution in [1.29, 1.82) is 0 Å². The summed E-state index contributed by atoms with van der Waals surface area (Å²) in [4.78, 5) is 0. The zero-order valence-corrected chi connectivity index (χ0v) is 18.3. The zero-order chi connectivity index (χ0) is 21.8. The van der Waals surface area contributed by atoms with Gasteiger partial charge in [-0.25, -0.2) is 0 Å². The number of benzene rings is 2. The number of aryl methyl sites for hydroxylation is 1. The Morgan fingerprint density at radius 3 is 2.30 bits per heavy atom. The third-order valence-corrected chi connectivity index (χ3v) is 7.12. The molecule has 4 N–H and O–H groups in total. The predicted octanol–water partition coefficient (Wildman–Crippen LogP) is 2.22. The Hall–Kier alpha value is -1.77. The maximum Gasteiger partial charge on any atom is 0.123 e. The maximum atomic E-state index is 10.6. The van der Waals surface area contributed by atoms with Crippen molar-refractivity contribution in [2.45, 2.75) is 49.1 Å². The third-order valence-electron chi connectivity index (χ3n) is 5.52. The monoisotopic (exact) mass is 434 g/mol. The standard InChI is InChI=1S/C23H30O6S/c1-4-29-16-7-5-14(6-8-16)10-15-11-17(18(28-3)9-13(15)2)23-22(27)21(26)20(25)19(12-24)30-23/h5-9,11,19-27H,4,10,12H2,1-3H3/t19-,20-,21?,22?,23+/m1/s1. The van der Waals surface area contributed by atoms with Crippen molar-refractivity contribution in [2.24, 2.45) is 0 Å². The molecule has 0 radical (unpaired) electrons. The lowest BCUT2D eigenvalue weighted by atomic mass is 9.92. The number of hydrogen-bond acceptors (Lipinski definition) is 7. The number of hydrogen-bond donors (Lipinski definition) is 4.